The first-order valence-corrected chi connectivity index (χ1v) is 6.12. The first-order valence-electron chi connectivity index (χ1n) is 6.12. The van der Waals surface area contributed by atoms with Gasteiger partial charge >= 0.3 is 0 Å². The molecule has 0 atom stereocenters. The van der Waals surface area contributed by atoms with Gasteiger partial charge in [-0.25, -0.2) is 9.97 Å². The van der Waals surface area contributed by atoms with Crippen LogP contribution in [0.1, 0.15) is 11.4 Å². The Morgan fingerprint density at radius 2 is 2.21 bits per heavy atom. The van der Waals surface area contributed by atoms with E-state index in [1.54, 1.807) is 6.20 Å². The van der Waals surface area contributed by atoms with Crippen LogP contribution in [0.25, 0.3) is 11.3 Å². The molecule has 3 rings (SSSR count). The van der Waals surface area contributed by atoms with Crippen LogP contribution < -0.4 is 5.32 Å². The van der Waals surface area contributed by atoms with Gasteiger partial charge in [-0.05, 0) is 23.8 Å². The second-order valence-electron chi connectivity index (χ2n) is 4.43. The van der Waals surface area contributed by atoms with Crippen LogP contribution in [-0.2, 0) is 17.6 Å². The second kappa shape index (κ2) is 4.78. The minimum absolute atomic E-state index is 0.0239. The summed E-state index contributed by atoms with van der Waals surface area (Å²) in [6.07, 6.45) is 2.54. The fraction of sp³-hybridized carbons (Fsp3) is 0.214. The normalized spacial score (nSPS) is 13.2. The lowest BCUT2D eigenvalue weighted by Crippen LogP contribution is -2.03. The zero-order chi connectivity index (χ0) is 13.2. The van der Waals surface area contributed by atoms with E-state index in [2.05, 4.69) is 15.3 Å². The average Bonchev–Trinajstić information content (AvgIpc) is 2.78. The lowest BCUT2D eigenvalue weighted by molar-refractivity contribution is -0.115. The number of rotatable bonds is 3. The van der Waals surface area contributed by atoms with Crippen molar-refractivity contribution < 1.29 is 9.90 Å². The highest BCUT2D eigenvalue weighted by Gasteiger charge is 2.18. The Balaban J connectivity index is 1.96. The minimum Gasteiger partial charge on any atom is -0.396 e. The molecule has 19 heavy (non-hydrogen) atoms. The number of hydrogen-bond donors (Lipinski definition) is 2. The van der Waals surface area contributed by atoms with Gasteiger partial charge in [0, 0.05) is 23.9 Å². The van der Waals surface area contributed by atoms with E-state index in [-0.39, 0.29) is 12.5 Å². The summed E-state index contributed by atoms with van der Waals surface area (Å²) in [6.45, 7) is 0.0338. The van der Waals surface area contributed by atoms with E-state index in [0.717, 1.165) is 22.5 Å². The van der Waals surface area contributed by atoms with E-state index in [1.165, 1.54) is 0 Å². The van der Waals surface area contributed by atoms with E-state index in [1.807, 2.05) is 24.3 Å². The predicted molar refractivity (Wildman–Crippen MR) is 70.6 cm³/mol. The molecule has 96 valence electrons. The van der Waals surface area contributed by atoms with Gasteiger partial charge < -0.3 is 10.4 Å². The number of nitrogens with one attached hydrogen (secondary N) is 1. The van der Waals surface area contributed by atoms with E-state index < -0.39 is 0 Å². The SMILES string of the molecule is O=C1Cc2cc(-c3ccnc(CCO)n3)ccc2N1. The van der Waals surface area contributed by atoms with Crippen molar-refractivity contribution >= 4 is 11.6 Å². The molecular weight excluding hydrogens is 242 g/mol. The lowest BCUT2D eigenvalue weighted by Gasteiger charge is -2.05. The third kappa shape index (κ3) is 2.32. The molecule has 5 heteroatoms. The Morgan fingerprint density at radius 1 is 1.32 bits per heavy atom. The van der Waals surface area contributed by atoms with Crippen molar-refractivity contribution in [2.24, 2.45) is 0 Å². The maximum atomic E-state index is 11.3. The zero-order valence-electron chi connectivity index (χ0n) is 10.3. The first-order chi connectivity index (χ1) is 9.26. The van der Waals surface area contributed by atoms with Crippen molar-refractivity contribution in [2.45, 2.75) is 12.8 Å². The number of anilines is 1. The van der Waals surface area contributed by atoms with Crippen LogP contribution in [0.15, 0.2) is 30.5 Å². The topological polar surface area (TPSA) is 75.1 Å². The molecule has 1 amide bonds. The van der Waals surface area contributed by atoms with Gasteiger partial charge in [-0.1, -0.05) is 6.07 Å². The summed E-state index contributed by atoms with van der Waals surface area (Å²) < 4.78 is 0. The number of carbonyl (C=O) groups excluding carboxylic acids is 1. The summed E-state index contributed by atoms with van der Waals surface area (Å²) in [4.78, 5) is 19.8. The Kier molecular flexibility index (Phi) is 2.97. The Bertz CT molecular complexity index is 640. The number of benzene rings is 1. The number of hydrogen-bond acceptors (Lipinski definition) is 4. The molecule has 0 spiro atoms. The third-order valence-corrected chi connectivity index (χ3v) is 3.07. The molecule has 2 N–H and O–H groups in total. The maximum absolute atomic E-state index is 11.3. The van der Waals surface area contributed by atoms with Gasteiger partial charge in [0.05, 0.1) is 18.7 Å². The van der Waals surface area contributed by atoms with Crippen molar-refractivity contribution in [1.29, 1.82) is 0 Å². The second-order valence-corrected chi connectivity index (χ2v) is 4.43. The van der Waals surface area contributed by atoms with Crippen LogP contribution >= 0.6 is 0 Å². The predicted octanol–water partition coefficient (Wildman–Crippen LogP) is 1.17. The molecule has 0 radical (unpaired) electrons. The van der Waals surface area contributed by atoms with Gasteiger partial charge in [-0.3, -0.25) is 4.79 Å². The molecule has 2 aromatic rings. The molecule has 5 nitrogen and oxygen atoms in total. The van der Waals surface area contributed by atoms with Crippen molar-refractivity contribution in [3.05, 3.63) is 41.9 Å². The zero-order valence-corrected chi connectivity index (χ0v) is 10.3. The quantitative estimate of drug-likeness (QED) is 0.863. The van der Waals surface area contributed by atoms with Gasteiger partial charge in [0.2, 0.25) is 5.91 Å². The van der Waals surface area contributed by atoms with E-state index in [4.69, 9.17) is 5.11 Å². The average molecular weight is 255 g/mol. The summed E-state index contributed by atoms with van der Waals surface area (Å²) in [6, 6.07) is 7.62. The fourth-order valence-corrected chi connectivity index (χ4v) is 2.17. The maximum Gasteiger partial charge on any atom is 0.228 e. The van der Waals surface area contributed by atoms with Gasteiger partial charge in [-0.2, -0.15) is 0 Å². The molecule has 0 saturated heterocycles. The van der Waals surface area contributed by atoms with E-state index in [9.17, 15) is 4.79 Å². The number of aliphatic hydroxyl groups excluding tert-OH is 1. The molecule has 1 aliphatic heterocycles. The summed E-state index contributed by atoms with van der Waals surface area (Å²) >= 11 is 0. The summed E-state index contributed by atoms with van der Waals surface area (Å²) in [5.41, 5.74) is 3.63. The largest absolute Gasteiger partial charge is 0.396 e. The van der Waals surface area contributed by atoms with Crippen LogP contribution in [0.3, 0.4) is 0 Å². The molecular formula is C14H13N3O2. The minimum atomic E-state index is 0.0239. The standard InChI is InChI=1S/C14H13N3O2/c18-6-4-13-15-5-3-12(16-13)9-1-2-11-10(7-9)8-14(19)17-11/h1-3,5,7,18H,4,6,8H2,(H,17,19). The van der Waals surface area contributed by atoms with Gasteiger partial charge in [0.15, 0.2) is 0 Å². The molecule has 0 saturated carbocycles. The summed E-state index contributed by atoms with van der Waals surface area (Å²) in [5, 5.41) is 11.7. The van der Waals surface area contributed by atoms with Crippen molar-refractivity contribution in [2.75, 3.05) is 11.9 Å². The van der Waals surface area contributed by atoms with Crippen molar-refractivity contribution in [3.63, 3.8) is 0 Å². The smallest absolute Gasteiger partial charge is 0.228 e. The van der Waals surface area contributed by atoms with Crippen LogP contribution in [0.4, 0.5) is 5.69 Å². The van der Waals surface area contributed by atoms with Crippen LogP contribution in [0.2, 0.25) is 0 Å². The van der Waals surface area contributed by atoms with Crippen molar-refractivity contribution in [1.82, 2.24) is 9.97 Å². The Hall–Kier alpha value is -2.27. The van der Waals surface area contributed by atoms with Crippen LogP contribution in [0.5, 0.6) is 0 Å². The fourth-order valence-electron chi connectivity index (χ4n) is 2.17. The van der Waals surface area contributed by atoms with Crippen LogP contribution in [-0.4, -0.2) is 27.6 Å². The van der Waals surface area contributed by atoms with Gasteiger partial charge in [-0.15, -0.1) is 0 Å². The molecule has 0 unspecified atom stereocenters. The first kappa shape index (κ1) is 11.8. The molecule has 1 aliphatic rings. The number of amides is 1. The summed E-state index contributed by atoms with van der Waals surface area (Å²) in [7, 11) is 0. The number of carbonyl (C=O) groups is 1. The van der Waals surface area contributed by atoms with Gasteiger partial charge in [0.1, 0.15) is 5.82 Å². The lowest BCUT2D eigenvalue weighted by atomic mass is 10.1. The third-order valence-electron chi connectivity index (χ3n) is 3.07. The van der Waals surface area contributed by atoms with E-state index >= 15 is 0 Å². The molecule has 1 aromatic heterocycles. The van der Waals surface area contributed by atoms with Crippen molar-refractivity contribution in [3.8, 4) is 11.3 Å². The number of aromatic nitrogens is 2. The number of fused-ring (bicyclic) bond motifs is 1. The highest BCUT2D eigenvalue weighted by atomic mass is 16.3. The highest BCUT2D eigenvalue weighted by molar-refractivity contribution is 5.99. The van der Waals surface area contributed by atoms with Gasteiger partial charge in [0.25, 0.3) is 0 Å². The molecule has 0 aliphatic carbocycles. The molecule has 0 bridgehead atoms. The van der Waals surface area contributed by atoms with E-state index in [0.29, 0.717) is 18.7 Å². The number of aliphatic hydroxyl groups is 1. The van der Waals surface area contributed by atoms with Crippen LogP contribution in [0, 0.1) is 0 Å². The molecule has 0 fully saturated rings. The monoisotopic (exact) mass is 255 g/mol. The molecule has 1 aromatic carbocycles. The number of nitrogens with zero attached hydrogens (tertiary/aromatic N) is 2. The highest BCUT2D eigenvalue weighted by Crippen LogP contribution is 2.28. The summed E-state index contributed by atoms with van der Waals surface area (Å²) in [5.74, 6) is 0.644. The Labute approximate surface area is 110 Å². The molecule has 2 heterocycles. The Morgan fingerprint density at radius 3 is 3.05 bits per heavy atom.